The monoisotopic (exact) mass is 440 g/mol. The van der Waals surface area contributed by atoms with Crippen LogP contribution in [-0.4, -0.2) is 38.8 Å². The molecule has 1 aromatic heterocycles. The van der Waals surface area contributed by atoms with Crippen molar-refractivity contribution < 1.29 is 37.4 Å². The van der Waals surface area contributed by atoms with Gasteiger partial charge < -0.3 is 15.2 Å². The van der Waals surface area contributed by atoms with E-state index in [1.807, 2.05) is 10.6 Å². The van der Waals surface area contributed by atoms with Gasteiger partial charge in [-0.3, -0.25) is 19.5 Å². The highest BCUT2D eigenvalue weighted by molar-refractivity contribution is 6.05. The summed E-state index contributed by atoms with van der Waals surface area (Å²) >= 11 is 0. The predicted octanol–water partition coefficient (Wildman–Crippen LogP) is 3.35. The van der Waals surface area contributed by atoms with E-state index < -0.39 is 35.8 Å². The highest BCUT2D eigenvalue weighted by atomic mass is 19.4. The lowest BCUT2D eigenvalue weighted by atomic mass is 10.0. The highest BCUT2D eigenvalue weighted by Gasteiger charge is 2.67. The van der Waals surface area contributed by atoms with Gasteiger partial charge in [-0.25, -0.2) is 9.78 Å². The summed E-state index contributed by atoms with van der Waals surface area (Å²) in [5.41, 5.74) is -3.83. The van der Waals surface area contributed by atoms with E-state index in [2.05, 4.69) is 9.72 Å². The molecule has 1 atom stereocenters. The minimum atomic E-state index is -5.21. The van der Waals surface area contributed by atoms with Gasteiger partial charge in [0.05, 0.1) is 5.52 Å². The summed E-state index contributed by atoms with van der Waals surface area (Å²) in [5, 5.41) is 12.8. The van der Waals surface area contributed by atoms with E-state index in [-0.39, 0.29) is 29.1 Å². The van der Waals surface area contributed by atoms with E-state index in [0.29, 0.717) is 11.0 Å². The van der Waals surface area contributed by atoms with E-state index in [1.165, 1.54) is 18.2 Å². The molecule has 166 valence electrons. The maximum atomic E-state index is 14.3. The van der Waals surface area contributed by atoms with Crippen molar-refractivity contribution >= 4 is 35.0 Å². The number of rotatable bonds is 5. The SMILES string of the molecule is O=C(CCC1CCCC1)NC1(C(F)(F)F)C(=O)Nc2nc3c(OC(=O)O)cccc3n21. The molecule has 0 saturated heterocycles. The van der Waals surface area contributed by atoms with Gasteiger partial charge in [0.25, 0.3) is 11.6 Å². The fourth-order valence-corrected chi connectivity index (χ4v) is 4.30. The Bertz CT molecular complexity index is 1060. The van der Waals surface area contributed by atoms with Crippen molar-refractivity contribution in [3.05, 3.63) is 18.2 Å². The zero-order valence-corrected chi connectivity index (χ0v) is 16.2. The average Bonchev–Trinajstić information content (AvgIpc) is 3.36. The molecular weight excluding hydrogens is 421 g/mol. The number of fused-ring (bicyclic) bond motifs is 3. The summed E-state index contributed by atoms with van der Waals surface area (Å²) in [6.45, 7) is 0. The van der Waals surface area contributed by atoms with Crippen molar-refractivity contribution in [3.8, 4) is 5.75 Å². The number of benzene rings is 1. The Morgan fingerprint density at radius 3 is 2.68 bits per heavy atom. The molecule has 31 heavy (non-hydrogen) atoms. The number of carboxylic acid groups (broad SMARTS) is 1. The molecule has 1 saturated carbocycles. The molecular formula is C19H19F3N4O5. The van der Waals surface area contributed by atoms with Crippen LogP contribution in [0.25, 0.3) is 11.0 Å². The summed E-state index contributed by atoms with van der Waals surface area (Å²) in [6.07, 6.45) is -2.66. The molecule has 0 radical (unpaired) electrons. The molecule has 1 unspecified atom stereocenters. The first-order valence-corrected chi connectivity index (χ1v) is 9.75. The van der Waals surface area contributed by atoms with Gasteiger partial charge in [-0.05, 0) is 24.5 Å². The van der Waals surface area contributed by atoms with Crippen LogP contribution in [0.3, 0.4) is 0 Å². The van der Waals surface area contributed by atoms with Crippen LogP contribution in [0.1, 0.15) is 38.5 Å². The zero-order valence-electron chi connectivity index (χ0n) is 16.2. The van der Waals surface area contributed by atoms with Crippen molar-refractivity contribution in [2.45, 2.75) is 50.4 Å². The van der Waals surface area contributed by atoms with E-state index in [1.54, 1.807) is 0 Å². The van der Waals surface area contributed by atoms with Gasteiger partial charge in [0.15, 0.2) is 5.75 Å². The number of aromatic nitrogens is 2. The number of hydrogen-bond donors (Lipinski definition) is 3. The summed E-state index contributed by atoms with van der Waals surface area (Å²) in [4.78, 5) is 39.8. The molecule has 0 bridgehead atoms. The Balaban J connectivity index is 1.74. The normalized spacial score (nSPS) is 21.2. The summed E-state index contributed by atoms with van der Waals surface area (Å²) in [6, 6.07) is 3.71. The number of amides is 2. The lowest BCUT2D eigenvalue weighted by molar-refractivity contribution is -0.217. The number of ether oxygens (including phenoxy) is 1. The number of halogens is 3. The minimum absolute atomic E-state index is 0.148. The molecule has 2 heterocycles. The second-order valence-electron chi connectivity index (χ2n) is 7.66. The fourth-order valence-electron chi connectivity index (χ4n) is 4.30. The number of nitrogens with zero attached hydrogens (tertiary/aromatic N) is 2. The molecule has 1 aliphatic heterocycles. The maximum absolute atomic E-state index is 14.3. The van der Waals surface area contributed by atoms with Gasteiger partial charge in [-0.15, -0.1) is 0 Å². The summed E-state index contributed by atoms with van der Waals surface area (Å²) in [7, 11) is 0. The van der Waals surface area contributed by atoms with Crippen molar-refractivity contribution in [1.82, 2.24) is 14.9 Å². The van der Waals surface area contributed by atoms with Crippen LogP contribution in [0, 0.1) is 5.92 Å². The van der Waals surface area contributed by atoms with Gasteiger partial charge in [-0.1, -0.05) is 31.7 Å². The Hall–Kier alpha value is -3.31. The van der Waals surface area contributed by atoms with Crippen LogP contribution < -0.4 is 15.4 Å². The third-order valence-electron chi connectivity index (χ3n) is 5.72. The lowest BCUT2D eigenvalue weighted by Gasteiger charge is -2.32. The van der Waals surface area contributed by atoms with Crippen molar-refractivity contribution in [3.63, 3.8) is 0 Å². The van der Waals surface area contributed by atoms with Crippen LogP contribution >= 0.6 is 0 Å². The van der Waals surface area contributed by atoms with E-state index in [0.717, 1.165) is 25.7 Å². The zero-order chi connectivity index (χ0) is 22.4. The van der Waals surface area contributed by atoms with Gasteiger partial charge in [0.1, 0.15) is 5.52 Å². The number of hydrogen-bond acceptors (Lipinski definition) is 5. The first-order chi connectivity index (χ1) is 14.6. The number of nitrogens with one attached hydrogen (secondary N) is 2. The van der Waals surface area contributed by atoms with Crippen molar-refractivity contribution in [2.24, 2.45) is 5.92 Å². The van der Waals surface area contributed by atoms with Crippen LogP contribution in [0.4, 0.5) is 23.9 Å². The molecule has 2 amide bonds. The number of para-hydroxylation sites is 1. The highest BCUT2D eigenvalue weighted by Crippen LogP contribution is 2.45. The molecule has 12 heteroatoms. The summed E-state index contributed by atoms with van der Waals surface area (Å²) < 4.78 is 48.1. The van der Waals surface area contributed by atoms with Gasteiger partial charge in [0.2, 0.25) is 11.9 Å². The molecule has 2 aliphatic rings. The van der Waals surface area contributed by atoms with E-state index in [9.17, 15) is 27.6 Å². The minimum Gasteiger partial charge on any atom is -0.449 e. The number of alkyl halides is 3. The topological polar surface area (TPSA) is 123 Å². The van der Waals surface area contributed by atoms with Crippen LogP contribution in [0.2, 0.25) is 0 Å². The fraction of sp³-hybridized carbons (Fsp3) is 0.474. The Morgan fingerprint density at radius 1 is 1.32 bits per heavy atom. The quantitative estimate of drug-likeness (QED) is 0.484. The molecule has 9 nitrogen and oxygen atoms in total. The van der Waals surface area contributed by atoms with Gasteiger partial charge in [0, 0.05) is 6.42 Å². The predicted molar refractivity (Wildman–Crippen MR) is 100 cm³/mol. The lowest BCUT2D eigenvalue weighted by Crippen LogP contribution is -2.63. The number of anilines is 1. The maximum Gasteiger partial charge on any atom is 0.511 e. The van der Waals surface area contributed by atoms with Crippen molar-refractivity contribution in [1.29, 1.82) is 0 Å². The molecule has 1 aliphatic carbocycles. The Kier molecular flexibility index (Phi) is 5.02. The molecule has 4 rings (SSSR count). The molecule has 1 aromatic carbocycles. The standard InChI is InChI=1S/C19H19F3N4O5/c20-19(21,22)18(25-13(27)9-8-10-4-1-2-5-10)15(28)24-16-23-14-11(26(16)18)6-3-7-12(14)31-17(29)30/h3,6-7,10H,1-2,4-5,8-9H2,(H,25,27)(H,29,30)(H,23,24,28). The molecule has 0 spiro atoms. The molecule has 2 aromatic rings. The largest absolute Gasteiger partial charge is 0.511 e. The molecule has 1 fully saturated rings. The Labute approximate surface area is 173 Å². The molecule has 3 N–H and O–H groups in total. The van der Waals surface area contributed by atoms with Crippen LogP contribution in [-0.2, 0) is 15.3 Å². The smallest absolute Gasteiger partial charge is 0.449 e. The van der Waals surface area contributed by atoms with E-state index in [4.69, 9.17) is 5.11 Å². The third kappa shape index (κ3) is 3.45. The first kappa shape index (κ1) is 20.9. The number of carbonyl (C=O) groups excluding carboxylic acids is 2. The van der Waals surface area contributed by atoms with Gasteiger partial charge in [-0.2, -0.15) is 13.2 Å². The summed E-state index contributed by atoms with van der Waals surface area (Å²) in [5.74, 6) is -2.90. The Morgan fingerprint density at radius 2 is 2.03 bits per heavy atom. The first-order valence-electron chi connectivity index (χ1n) is 9.75. The van der Waals surface area contributed by atoms with Gasteiger partial charge >= 0.3 is 12.3 Å². The average molecular weight is 440 g/mol. The number of carbonyl (C=O) groups is 3. The van der Waals surface area contributed by atoms with Crippen LogP contribution in [0.5, 0.6) is 5.75 Å². The second kappa shape index (κ2) is 7.43. The van der Waals surface area contributed by atoms with Crippen LogP contribution in [0.15, 0.2) is 18.2 Å². The number of imidazole rings is 1. The second-order valence-corrected chi connectivity index (χ2v) is 7.66. The van der Waals surface area contributed by atoms with E-state index >= 15 is 0 Å². The third-order valence-corrected chi connectivity index (χ3v) is 5.72. The van der Waals surface area contributed by atoms with Crippen molar-refractivity contribution in [2.75, 3.05) is 5.32 Å².